The van der Waals surface area contributed by atoms with Crippen LogP contribution in [0.2, 0.25) is 0 Å². The fourth-order valence-corrected chi connectivity index (χ4v) is 2.94. The molecule has 2 N–H and O–H groups in total. The fourth-order valence-electron chi connectivity index (χ4n) is 2.94. The molecule has 2 aliphatic heterocycles. The maximum Gasteiger partial charge on any atom is 0.241 e. The summed E-state index contributed by atoms with van der Waals surface area (Å²) in [6.07, 6.45) is 1.05. The minimum atomic E-state index is -0.256. The Balaban J connectivity index is 1.86. The molecule has 2 unspecified atom stereocenters. The summed E-state index contributed by atoms with van der Waals surface area (Å²) in [4.78, 5) is 27.7. The molecule has 0 spiro atoms. The molecule has 2 heterocycles. The lowest BCUT2D eigenvalue weighted by atomic mass is 10.2. The maximum absolute atomic E-state index is 12.3. The SMILES string of the molecule is CCN(CC)C1CCN(C(=O)C2CNC(=O)CN2)C1. The average Bonchev–Trinajstić information content (AvgIpc) is 2.90. The second-order valence-electron chi connectivity index (χ2n) is 5.19. The molecule has 6 heteroatoms. The monoisotopic (exact) mass is 268 g/mol. The molecule has 2 atom stereocenters. The summed E-state index contributed by atoms with van der Waals surface area (Å²) in [6.45, 7) is 8.66. The zero-order chi connectivity index (χ0) is 13.8. The van der Waals surface area contributed by atoms with Crippen molar-refractivity contribution in [3.63, 3.8) is 0 Å². The summed E-state index contributed by atoms with van der Waals surface area (Å²) in [5.74, 6) is 0.0844. The molecular weight excluding hydrogens is 244 g/mol. The van der Waals surface area contributed by atoms with Crippen LogP contribution in [0.25, 0.3) is 0 Å². The molecule has 2 saturated heterocycles. The number of carbonyl (C=O) groups excluding carboxylic acids is 2. The largest absolute Gasteiger partial charge is 0.353 e. The summed E-state index contributed by atoms with van der Waals surface area (Å²) in [6, 6.07) is 0.227. The summed E-state index contributed by atoms with van der Waals surface area (Å²) in [5, 5.41) is 5.73. The Hall–Kier alpha value is -1.14. The standard InChI is InChI=1S/C13H24N4O2/c1-3-16(4-2)10-5-6-17(9-10)13(19)11-7-15-12(18)8-14-11/h10-11,14H,3-9H2,1-2H3,(H,15,18). The lowest BCUT2D eigenvalue weighted by Crippen LogP contribution is -2.58. The van der Waals surface area contributed by atoms with E-state index in [1.54, 1.807) is 0 Å². The van der Waals surface area contributed by atoms with Crippen molar-refractivity contribution >= 4 is 11.8 Å². The van der Waals surface area contributed by atoms with Gasteiger partial charge in [0.15, 0.2) is 0 Å². The van der Waals surface area contributed by atoms with Crippen LogP contribution in [-0.4, -0.2) is 73.0 Å². The Morgan fingerprint density at radius 1 is 1.42 bits per heavy atom. The van der Waals surface area contributed by atoms with Gasteiger partial charge in [0.2, 0.25) is 11.8 Å². The van der Waals surface area contributed by atoms with E-state index < -0.39 is 0 Å². The highest BCUT2D eigenvalue weighted by Crippen LogP contribution is 2.16. The van der Waals surface area contributed by atoms with Crippen LogP contribution in [0.1, 0.15) is 20.3 Å². The average molecular weight is 268 g/mol. The quantitative estimate of drug-likeness (QED) is 0.688. The third-order valence-electron chi connectivity index (χ3n) is 4.11. The second-order valence-corrected chi connectivity index (χ2v) is 5.19. The van der Waals surface area contributed by atoms with Crippen molar-refractivity contribution in [3.8, 4) is 0 Å². The molecule has 0 radical (unpaired) electrons. The highest BCUT2D eigenvalue weighted by Gasteiger charge is 2.33. The lowest BCUT2D eigenvalue weighted by molar-refractivity contribution is -0.134. The predicted octanol–water partition coefficient (Wildman–Crippen LogP) is -0.983. The van der Waals surface area contributed by atoms with Gasteiger partial charge in [0.25, 0.3) is 0 Å². The molecular formula is C13H24N4O2. The van der Waals surface area contributed by atoms with Crippen LogP contribution in [0.15, 0.2) is 0 Å². The van der Waals surface area contributed by atoms with Crippen LogP contribution >= 0.6 is 0 Å². The minimum Gasteiger partial charge on any atom is -0.353 e. The van der Waals surface area contributed by atoms with Gasteiger partial charge in [-0.1, -0.05) is 13.8 Å². The number of likely N-dealkylation sites (tertiary alicyclic amines) is 1. The van der Waals surface area contributed by atoms with Gasteiger partial charge in [-0.05, 0) is 19.5 Å². The third-order valence-corrected chi connectivity index (χ3v) is 4.11. The van der Waals surface area contributed by atoms with E-state index in [2.05, 4.69) is 29.4 Å². The van der Waals surface area contributed by atoms with E-state index in [0.717, 1.165) is 32.6 Å². The maximum atomic E-state index is 12.3. The van der Waals surface area contributed by atoms with Gasteiger partial charge in [-0.2, -0.15) is 0 Å². The van der Waals surface area contributed by atoms with E-state index in [0.29, 0.717) is 12.6 Å². The van der Waals surface area contributed by atoms with Crippen molar-refractivity contribution in [3.05, 3.63) is 0 Å². The van der Waals surface area contributed by atoms with Crippen molar-refractivity contribution < 1.29 is 9.59 Å². The van der Waals surface area contributed by atoms with Crippen LogP contribution in [0, 0.1) is 0 Å². The van der Waals surface area contributed by atoms with Crippen LogP contribution in [0.3, 0.4) is 0 Å². The number of amides is 2. The molecule has 0 aromatic carbocycles. The fraction of sp³-hybridized carbons (Fsp3) is 0.846. The van der Waals surface area contributed by atoms with Gasteiger partial charge < -0.3 is 10.2 Å². The first-order chi connectivity index (χ1) is 9.15. The van der Waals surface area contributed by atoms with Crippen molar-refractivity contribution in [1.29, 1.82) is 0 Å². The number of hydrogen-bond donors (Lipinski definition) is 2. The molecule has 108 valence electrons. The van der Waals surface area contributed by atoms with Crippen molar-refractivity contribution in [1.82, 2.24) is 20.4 Å². The molecule has 0 aromatic heterocycles. The normalized spacial score (nSPS) is 27.7. The van der Waals surface area contributed by atoms with Gasteiger partial charge in [0, 0.05) is 25.7 Å². The Kier molecular flexibility index (Phi) is 4.76. The first-order valence-electron chi connectivity index (χ1n) is 7.18. The minimum absolute atomic E-state index is 0.0357. The molecule has 2 rings (SSSR count). The molecule has 2 fully saturated rings. The van der Waals surface area contributed by atoms with Gasteiger partial charge in [0.1, 0.15) is 6.04 Å². The highest BCUT2D eigenvalue weighted by atomic mass is 16.2. The number of rotatable bonds is 4. The summed E-state index contributed by atoms with van der Waals surface area (Å²) >= 11 is 0. The van der Waals surface area contributed by atoms with E-state index in [9.17, 15) is 9.59 Å². The van der Waals surface area contributed by atoms with Crippen molar-refractivity contribution in [2.24, 2.45) is 0 Å². The molecule has 0 aliphatic carbocycles. The summed E-state index contributed by atoms with van der Waals surface area (Å²) < 4.78 is 0. The topological polar surface area (TPSA) is 64.7 Å². The van der Waals surface area contributed by atoms with Crippen LogP contribution in [0.5, 0.6) is 0 Å². The Labute approximate surface area is 114 Å². The Morgan fingerprint density at radius 2 is 2.16 bits per heavy atom. The van der Waals surface area contributed by atoms with Crippen molar-refractivity contribution in [2.75, 3.05) is 39.3 Å². The first-order valence-corrected chi connectivity index (χ1v) is 7.18. The van der Waals surface area contributed by atoms with Gasteiger partial charge in [-0.3, -0.25) is 19.8 Å². The van der Waals surface area contributed by atoms with Gasteiger partial charge in [-0.25, -0.2) is 0 Å². The molecule has 6 nitrogen and oxygen atoms in total. The van der Waals surface area contributed by atoms with Crippen LogP contribution in [0.4, 0.5) is 0 Å². The van der Waals surface area contributed by atoms with E-state index >= 15 is 0 Å². The predicted molar refractivity (Wildman–Crippen MR) is 72.7 cm³/mol. The van der Waals surface area contributed by atoms with E-state index in [1.807, 2.05) is 4.90 Å². The number of nitrogens with zero attached hydrogens (tertiary/aromatic N) is 2. The lowest BCUT2D eigenvalue weighted by Gasteiger charge is -2.29. The number of carbonyl (C=O) groups is 2. The van der Waals surface area contributed by atoms with Crippen LogP contribution in [-0.2, 0) is 9.59 Å². The van der Waals surface area contributed by atoms with E-state index in [1.165, 1.54) is 0 Å². The highest BCUT2D eigenvalue weighted by molar-refractivity contribution is 5.87. The molecule has 2 aliphatic rings. The van der Waals surface area contributed by atoms with E-state index in [4.69, 9.17) is 0 Å². The summed E-state index contributed by atoms with van der Waals surface area (Å²) in [7, 11) is 0. The smallest absolute Gasteiger partial charge is 0.241 e. The Bertz CT molecular complexity index is 334. The molecule has 2 amide bonds. The Morgan fingerprint density at radius 3 is 2.74 bits per heavy atom. The summed E-state index contributed by atoms with van der Waals surface area (Å²) in [5.41, 5.74) is 0. The molecule has 0 saturated carbocycles. The van der Waals surface area contributed by atoms with Crippen molar-refractivity contribution in [2.45, 2.75) is 32.4 Å². The number of hydrogen-bond acceptors (Lipinski definition) is 4. The number of piperazine rings is 1. The second kappa shape index (κ2) is 6.34. The van der Waals surface area contributed by atoms with Gasteiger partial charge in [0.05, 0.1) is 6.54 Å². The first kappa shape index (κ1) is 14.3. The zero-order valence-corrected chi connectivity index (χ0v) is 11.8. The van der Waals surface area contributed by atoms with Gasteiger partial charge >= 0.3 is 0 Å². The number of nitrogens with one attached hydrogen (secondary N) is 2. The van der Waals surface area contributed by atoms with E-state index in [-0.39, 0.29) is 24.4 Å². The number of likely N-dealkylation sites (N-methyl/N-ethyl adjacent to an activating group) is 1. The van der Waals surface area contributed by atoms with Gasteiger partial charge in [-0.15, -0.1) is 0 Å². The molecule has 0 bridgehead atoms. The third kappa shape index (κ3) is 3.25. The molecule has 19 heavy (non-hydrogen) atoms. The zero-order valence-electron chi connectivity index (χ0n) is 11.8. The van der Waals surface area contributed by atoms with Crippen LogP contribution < -0.4 is 10.6 Å². The molecule has 0 aromatic rings.